The highest BCUT2D eigenvalue weighted by Crippen LogP contribution is 2.27. The van der Waals surface area contributed by atoms with Gasteiger partial charge in [0.2, 0.25) is 0 Å². The number of para-hydroxylation sites is 2. The Morgan fingerprint density at radius 1 is 1.05 bits per heavy atom. The van der Waals surface area contributed by atoms with Crippen molar-refractivity contribution in [3.63, 3.8) is 0 Å². The Balaban J connectivity index is 0.000000505. The molecule has 12 heteroatoms. The molecule has 1 aliphatic rings. The molecule has 0 spiro atoms. The molecular formula is C26H30Cl2F3N5O2. The highest BCUT2D eigenvalue weighted by atomic mass is 35.5. The lowest BCUT2D eigenvalue weighted by atomic mass is 10.1. The van der Waals surface area contributed by atoms with Crippen LogP contribution in [0.1, 0.15) is 25.8 Å². The summed E-state index contributed by atoms with van der Waals surface area (Å²) in [6.07, 6.45) is -3.98. The van der Waals surface area contributed by atoms with Crippen molar-refractivity contribution in [1.29, 1.82) is 0 Å². The van der Waals surface area contributed by atoms with Crippen molar-refractivity contribution in [1.82, 2.24) is 14.9 Å². The molecule has 0 atom stereocenters. The van der Waals surface area contributed by atoms with Gasteiger partial charge in [-0.1, -0.05) is 49.2 Å². The average molecular weight is 572 g/mol. The Hall–Kier alpha value is -2.82. The van der Waals surface area contributed by atoms with Crippen molar-refractivity contribution >= 4 is 51.8 Å². The Morgan fingerprint density at radius 3 is 2.24 bits per heavy atom. The van der Waals surface area contributed by atoms with Crippen LogP contribution in [-0.2, 0) is 11.3 Å². The SMILES string of the molecule is CC(C)CCNc1nc2ccccc2nc1N1CCN(Cc2cc(Cl)ccc2Cl)CC1.O=C(O)C(F)(F)F. The molecule has 1 fully saturated rings. The van der Waals surface area contributed by atoms with Crippen LogP contribution in [0.3, 0.4) is 0 Å². The fraction of sp³-hybridized carbons (Fsp3) is 0.423. The second-order valence-corrected chi connectivity index (χ2v) is 10.1. The van der Waals surface area contributed by atoms with Crippen molar-refractivity contribution in [3.05, 3.63) is 58.1 Å². The van der Waals surface area contributed by atoms with E-state index < -0.39 is 12.1 Å². The first-order valence-corrected chi connectivity index (χ1v) is 12.9. The number of piperazine rings is 1. The van der Waals surface area contributed by atoms with Gasteiger partial charge in [0.05, 0.1) is 11.0 Å². The summed E-state index contributed by atoms with van der Waals surface area (Å²) in [6.45, 7) is 9.82. The minimum Gasteiger partial charge on any atom is -0.475 e. The number of hydrogen-bond acceptors (Lipinski definition) is 6. The van der Waals surface area contributed by atoms with Gasteiger partial charge in [0.15, 0.2) is 11.6 Å². The van der Waals surface area contributed by atoms with Crippen LogP contribution in [0.5, 0.6) is 0 Å². The zero-order chi connectivity index (χ0) is 27.9. The topological polar surface area (TPSA) is 81.6 Å². The van der Waals surface area contributed by atoms with E-state index in [9.17, 15) is 13.2 Å². The van der Waals surface area contributed by atoms with Gasteiger partial charge in [0.1, 0.15) is 0 Å². The van der Waals surface area contributed by atoms with Crippen molar-refractivity contribution in [2.24, 2.45) is 5.92 Å². The predicted molar refractivity (Wildman–Crippen MR) is 145 cm³/mol. The number of aliphatic carboxylic acids is 1. The molecule has 0 aliphatic carbocycles. The summed E-state index contributed by atoms with van der Waals surface area (Å²) in [5, 5.41) is 12.2. The lowest BCUT2D eigenvalue weighted by molar-refractivity contribution is -0.192. The van der Waals surface area contributed by atoms with Crippen LogP contribution in [0.15, 0.2) is 42.5 Å². The van der Waals surface area contributed by atoms with Crippen molar-refractivity contribution in [2.45, 2.75) is 33.0 Å². The van der Waals surface area contributed by atoms with Crippen molar-refractivity contribution in [3.8, 4) is 0 Å². The van der Waals surface area contributed by atoms with Gasteiger partial charge < -0.3 is 15.3 Å². The Kier molecular flexibility index (Phi) is 10.4. The van der Waals surface area contributed by atoms with E-state index in [1.165, 1.54) is 0 Å². The van der Waals surface area contributed by atoms with Gasteiger partial charge >= 0.3 is 12.1 Å². The lowest BCUT2D eigenvalue weighted by Gasteiger charge is -2.36. The number of halogens is 5. The van der Waals surface area contributed by atoms with Crippen LogP contribution >= 0.6 is 23.2 Å². The van der Waals surface area contributed by atoms with Crippen LogP contribution in [0.25, 0.3) is 11.0 Å². The van der Waals surface area contributed by atoms with Gasteiger partial charge in [-0.15, -0.1) is 0 Å². The maximum absolute atomic E-state index is 10.6. The van der Waals surface area contributed by atoms with Gasteiger partial charge in [0.25, 0.3) is 0 Å². The van der Waals surface area contributed by atoms with E-state index in [2.05, 4.69) is 29.0 Å². The zero-order valence-electron chi connectivity index (χ0n) is 21.1. The second-order valence-electron chi connectivity index (χ2n) is 9.30. The van der Waals surface area contributed by atoms with Crippen LogP contribution in [0.4, 0.5) is 24.8 Å². The molecule has 0 amide bonds. The molecule has 2 N–H and O–H groups in total. The van der Waals surface area contributed by atoms with E-state index in [0.29, 0.717) is 5.92 Å². The van der Waals surface area contributed by atoms with Gasteiger partial charge in [-0.3, -0.25) is 4.90 Å². The Bertz CT molecular complexity index is 1240. The predicted octanol–water partition coefficient (Wildman–Crippen LogP) is 6.35. The molecule has 0 unspecified atom stereocenters. The maximum Gasteiger partial charge on any atom is 0.490 e. The molecule has 206 valence electrons. The molecule has 0 bridgehead atoms. The van der Waals surface area contributed by atoms with Gasteiger partial charge in [0, 0.05) is 49.3 Å². The number of benzene rings is 2. The quantitative estimate of drug-likeness (QED) is 0.342. The molecule has 1 saturated heterocycles. The largest absolute Gasteiger partial charge is 0.490 e. The number of anilines is 2. The molecule has 3 aromatic rings. The first-order valence-electron chi connectivity index (χ1n) is 12.2. The zero-order valence-corrected chi connectivity index (χ0v) is 22.6. The maximum atomic E-state index is 10.6. The molecule has 0 saturated carbocycles. The molecule has 4 rings (SSSR count). The van der Waals surface area contributed by atoms with Crippen LogP contribution < -0.4 is 10.2 Å². The third-order valence-corrected chi connectivity index (χ3v) is 6.49. The number of hydrogen-bond donors (Lipinski definition) is 2. The van der Waals surface area contributed by atoms with Gasteiger partial charge in [-0.25, -0.2) is 14.8 Å². The third-order valence-electron chi connectivity index (χ3n) is 5.88. The summed E-state index contributed by atoms with van der Waals surface area (Å²) in [4.78, 5) is 23.5. The lowest BCUT2D eigenvalue weighted by Crippen LogP contribution is -2.46. The van der Waals surface area contributed by atoms with Gasteiger partial charge in [-0.05, 0) is 48.2 Å². The number of carboxylic acid groups (broad SMARTS) is 1. The van der Waals surface area contributed by atoms with Crippen molar-refractivity contribution in [2.75, 3.05) is 42.9 Å². The summed E-state index contributed by atoms with van der Waals surface area (Å²) < 4.78 is 31.7. The summed E-state index contributed by atoms with van der Waals surface area (Å²) in [7, 11) is 0. The van der Waals surface area contributed by atoms with E-state index in [4.69, 9.17) is 43.1 Å². The fourth-order valence-electron chi connectivity index (χ4n) is 3.83. The number of aromatic nitrogens is 2. The average Bonchev–Trinajstić information content (AvgIpc) is 2.86. The Labute approximate surface area is 229 Å². The van der Waals surface area contributed by atoms with Crippen LogP contribution in [0.2, 0.25) is 10.0 Å². The molecule has 2 heterocycles. The minimum atomic E-state index is -5.08. The number of nitrogens with one attached hydrogen (secondary N) is 1. The highest BCUT2D eigenvalue weighted by molar-refractivity contribution is 6.33. The Morgan fingerprint density at radius 2 is 1.66 bits per heavy atom. The van der Waals surface area contributed by atoms with Crippen molar-refractivity contribution < 1.29 is 23.1 Å². The summed E-state index contributed by atoms with van der Waals surface area (Å²) in [6, 6.07) is 13.7. The molecule has 7 nitrogen and oxygen atoms in total. The number of fused-ring (bicyclic) bond motifs is 1. The summed E-state index contributed by atoms with van der Waals surface area (Å²) in [5.41, 5.74) is 2.93. The fourth-order valence-corrected chi connectivity index (χ4v) is 4.20. The number of alkyl halides is 3. The summed E-state index contributed by atoms with van der Waals surface area (Å²) >= 11 is 12.5. The van der Waals surface area contributed by atoms with Gasteiger partial charge in [-0.2, -0.15) is 13.2 Å². The smallest absolute Gasteiger partial charge is 0.475 e. The molecule has 0 radical (unpaired) electrons. The van der Waals surface area contributed by atoms with E-state index in [0.717, 1.165) is 84.0 Å². The number of rotatable bonds is 7. The molecule has 1 aromatic heterocycles. The molecule has 38 heavy (non-hydrogen) atoms. The normalized spacial score (nSPS) is 14.4. The van der Waals surface area contributed by atoms with E-state index in [1.807, 2.05) is 42.5 Å². The molecule has 1 aliphatic heterocycles. The second kappa shape index (κ2) is 13.3. The molecular weight excluding hydrogens is 542 g/mol. The monoisotopic (exact) mass is 571 g/mol. The first kappa shape index (κ1) is 29.7. The minimum absolute atomic E-state index is 0.645. The number of carboxylic acids is 1. The summed E-state index contributed by atoms with van der Waals surface area (Å²) in [5.74, 6) is -0.285. The van der Waals surface area contributed by atoms with E-state index in [-0.39, 0.29) is 0 Å². The molecule has 2 aromatic carbocycles. The highest BCUT2D eigenvalue weighted by Gasteiger charge is 2.38. The number of carbonyl (C=O) groups is 1. The van der Waals surface area contributed by atoms with E-state index in [1.54, 1.807) is 0 Å². The first-order chi connectivity index (χ1) is 17.9. The number of nitrogens with zero attached hydrogens (tertiary/aromatic N) is 4. The third kappa shape index (κ3) is 8.61. The van der Waals surface area contributed by atoms with Crippen LogP contribution in [-0.4, -0.2) is 64.8 Å². The van der Waals surface area contributed by atoms with Crippen LogP contribution in [0, 0.1) is 5.92 Å². The van der Waals surface area contributed by atoms with E-state index >= 15 is 0 Å². The standard InChI is InChI=1S/C24H29Cl2N5.C2HF3O2/c1-17(2)9-10-27-23-24(29-22-6-4-3-5-21(22)28-23)31-13-11-30(12-14-31)16-18-15-19(25)7-8-20(18)26;3-2(4,5)1(6)7/h3-8,15,17H,9-14,16H2,1-2H3,(H,27,28);(H,6,7).